The van der Waals surface area contributed by atoms with E-state index < -0.39 is 90.3 Å². The molecule has 0 spiro atoms. The molecule has 1 N–H and O–H groups in total. The molecule has 39 heavy (non-hydrogen) atoms. The summed E-state index contributed by atoms with van der Waals surface area (Å²) < 4.78 is 139. The van der Waals surface area contributed by atoms with E-state index in [9.17, 15) is 48.4 Å². The van der Waals surface area contributed by atoms with Crippen LogP contribution in [-0.2, 0) is 43.5 Å². The lowest BCUT2D eigenvalue weighted by molar-refractivity contribution is -0.261. The van der Waals surface area contributed by atoms with Crippen LogP contribution in [0.1, 0.15) is 44.9 Å². The van der Waals surface area contributed by atoms with Gasteiger partial charge in [-0.05, 0) is 62.7 Å². The number of halogens is 5. The van der Waals surface area contributed by atoms with Crippen molar-refractivity contribution in [2.24, 2.45) is 40.9 Å². The Morgan fingerprint density at radius 3 is 1.97 bits per heavy atom. The zero-order chi connectivity index (χ0) is 28.5. The highest BCUT2D eigenvalue weighted by Gasteiger charge is 2.74. The summed E-state index contributed by atoms with van der Waals surface area (Å²) in [5.74, 6) is -5.80. The quantitative estimate of drug-likeness (QED) is 0.206. The molecule has 0 amide bonds. The highest BCUT2D eigenvalue weighted by atomic mass is 32.2. The summed E-state index contributed by atoms with van der Waals surface area (Å²) in [6, 6.07) is 0. The van der Waals surface area contributed by atoms with E-state index in [1.54, 1.807) is 0 Å². The number of rotatable bonds is 6. The van der Waals surface area contributed by atoms with Gasteiger partial charge in [0.2, 0.25) is 0 Å². The average Bonchev–Trinajstić information content (AvgIpc) is 3.37. The fraction of sp³-hybridized carbons (Fsp3) is 0.909. The normalized spacial score (nSPS) is 44.4. The third-order valence-corrected chi connectivity index (χ3v) is 12.4. The van der Waals surface area contributed by atoms with Crippen molar-refractivity contribution in [1.82, 2.24) is 0 Å². The Morgan fingerprint density at radius 1 is 0.949 bits per heavy atom. The van der Waals surface area contributed by atoms with Crippen LogP contribution in [0.25, 0.3) is 0 Å². The largest absolute Gasteiger partial charge is 0.459 e. The smallest absolute Gasteiger partial charge is 0.432 e. The SMILES string of the molecule is O=C(OC(C(F)(F)F)C(F)(F)S(=O)(=O)O)C1C2CC3C(OS(=O)(=O)C31)C2OC(=O)C12CC3CC(CC(C3)C1)C2. The van der Waals surface area contributed by atoms with Crippen molar-refractivity contribution in [3.05, 3.63) is 0 Å². The van der Waals surface area contributed by atoms with Crippen molar-refractivity contribution in [3.8, 4) is 0 Å². The number of carbonyl (C=O) groups is 2. The Hall–Kier alpha value is -1.59. The molecule has 0 radical (unpaired) electrons. The van der Waals surface area contributed by atoms with Crippen molar-refractivity contribution in [2.45, 2.75) is 79.9 Å². The monoisotopic (exact) mass is 608 g/mol. The predicted octanol–water partition coefficient (Wildman–Crippen LogP) is 2.43. The zero-order valence-corrected chi connectivity index (χ0v) is 21.7. The molecule has 7 aliphatic rings. The molecular formula is C22H25F5O10S2. The van der Waals surface area contributed by atoms with Crippen LogP contribution < -0.4 is 0 Å². The van der Waals surface area contributed by atoms with Gasteiger partial charge in [0.1, 0.15) is 17.5 Å². The Balaban J connectivity index is 1.27. The fourth-order valence-electron chi connectivity index (χ4n) is 8.72. The molecule has 6 saturated carbocycles. The summed E-state index contributed by atoms with van der Waals surface area (Å²) in [5, 5.41) is -7.72. The Bertz CT molecular complexity index is 1280. The van der Waals surface area contributed by atoms with Crippen LogP contribution in [0.2, 0.25) is 0 Å². The molecule has 0 aromatic carbocycles. The Kier molecular flexibility index (Phi) is 5.83. The van der Waals surface area contributed by atoms with Gasteiger partial charge >= 0.3 is 33.5 Å². The number of carbonyl (C=O) groups excluding carboxylic acids is 2. The summed E-state index contributed by atoms with van der Waals surface area (Å²) in [6.07, 6.45) is -8.63. The molecule has 10 nitrogen and oxygen atoms in total. The second kappa shape index (κ2) is 8.25. The van der Waals surface area contributed by atoms with Gasteiger partial charge in [-0.2, -0.15) is 38.8 Å². The van der Waals surface area contributed by atoms with Crippen LogP contribution in [0.4, 0.5) is 22.0 Å². The second-order valence-corrected chi connectivity index (χ2v) is 15.3. The van der Waals surface area contributed by atoms with Gasteiger partial charge in [-0.1, -0.05) is 0 Å². The summed E-state index contributed by atoms with van der Waals surface area (Å²) in [4.78, 5) is 26.4. The summed E-state index contributed by atoms with van der Waals surface area (Å²) >= 11 is 0. The van der Waals surface area contributed by atoms with E-state index in [2.05, 4.69) is 4.74 Å². The van der Waals surface area contributed by atoms with Gasteiger partial charge in [-0.3, -0.25) is 18.3 Å². The number of alkyl halides is 5. The number of fused-ring (bicyclic) bond motifs is 1. The molecule has 7 unspecified atom stereocenters. The number of hydrogen-bond donors (Lipinski definition) is 1. The molecular weight excluding hydrogens is 583 g/mol. The molecule has 1 heterocycles. The van der Waals surface area contributed by atoms with E-state index in [1.165, 1.54) is 0 Å². The van der Waals surface area contributed by atoms with Crippen molar-refractivity contribution in [2.75, 3.05) is 0 Å². The van der Waals surface area contributed by atoms with E-state index in [4.69, 9.17) is 13.5 Å². The molecule has 0 aromatic heterocycles. The maximum Gasteiger partial charge on any atom is 0.432 e. The van der Waals surface area contributed by atoms with Crippen molar-refractivity contribution >= 4 is 32.2 Å². The lowest BCUT2D eigenvalue weighted by Crippen LogP contribution is -2.55. The van der Waals surface area contributed by atoms with Crippen LogP contribution in [0.3, 0.4) is 0 Å². The van der Waals surface area contributed by atoms with Crippen molar-refractivity contribution in [1.29, 1.82) is 0 Å². The number of esters is 2. The maximum atomic E-state index is 14.0. The first-order valence-electron chi connectivity index (χ1n) is 12.6. The summed E-state index contributed by atoms with van der Waals surface area (Å²) in [7, 11) is -11.3. The number of ether oxygens (including phenoxy) is 2. The molecule has 1 saturated heterocycles. The third-order valence-electron chi connectivity index (χ3n) is 9.69. The van der Waals surface area contributed by atoms with Gasteiger partial charge in [0.15, 0.2) is 0 Å². The average molecular weight is 609 g/mol. The minimum Gasteiger partial charge on any atom is -0.459 e. The van der Waals surface area contributed by atoms with Gasteiger partial charge in [0, 0.05) is 11.8 Å². The lowest BCUT2D eigenvalue weighted by Gasteiger charge is -2.55. The third kappa shape index (κ3) is 4.03. The highest BCUT2D eigenvalue weighted by Crippen LogP contribution is 2.63. The summed E-state index contributed by atoms with van der Waals surface area (Å²) in [6.45, 7) is 0. The zero-order valence-electron chi connectivity index (χ0n) is 20.1. The van der Waals surface area contributed by atoms with Crippen LogP contribution in [0, 0.1) is 40.9 Å². The Labute approximate surface area is 219 Å². The first-order valence-corrected chi connectivity index (χ1v) is 15.5. The highest BCUT2D eigenvalue weighted by molar-refractivity contribution is 7.87. The van der Waals surface area contributed by atoms with E-state index in [-0.39, 0.29) is 6.42 Å². The van der Waals surface area contributed by atoms with Gasteiger partial charge in [-0.15, -0.1) is 0 Å². The molecule has 7 atom stereocenters. The van der Waals surface area contributed by atoms with Gasteiger partial charge in [-0.25, -0.2) is 0 Å². The van der Waals surface area contributed by atoms with Gasteiger partial charge in [0.05, 0.1) is 11.3 Å². The van der Waals surface area contributed by atoms with E-state index in [0.717, 1.165) is 19.3 Å². The first kappa shape index (κ1) is 27.6. The summed E-state index contributed by atoms with van der Waals surface area (Å²) in [5.41, 5.74) is -0.789. The molecule has 7 fully saturated rings. The van der Waals surface area contributed by atoms with Gasteiger partial charge < -0.3 is 9.47 Å². The molecule has 0 aromatic rings. The lowest BCUT2D eigenvalue weighted by atomic mass is 9.49. The van der Waals surface area contributed by atoms with E-state index >= 15 is 0 Å². The molecule has 7 rings (SSSR count). The van der Waals surface area contributed by atoms with E-state index in [1.807, 2.05) is 0 Å². The molecule has 220 valence electrons. The molecule has 6 aliphatic carbocycles. The first-order chi connectivity index (χ1) is 17.8. The molecule has 1 aliphatic heterocycles. The number of hydrogen-bond acceptors (Lipinski definition) is 9. The van der Waals surface area contributed by atoms with Crippen LogP contribution >= 0.6 is 0 Å². The molecule has 6 bridgehead atoms. The van der Waals surface area contributed by atoms with Crippen LogP contribution in [0.5, 0.6) is 0 Å². The fourth-order valence-corrected chi connectivity index (χ4v) is 11.2. The van der Waals surface area contributed by atoms with Crippen LogP contribution in [0.15, 0.2) is 0 Å². The van der Waals surface area contributed by atoms with Crippen LogP contribution in [-0.4, -0.2) is 68.3 Å². The maximum absolute atomic E-state index is 14.0. The topological polar surface area (TPSA) is 150 Å². The minimum absolute atomic E-state index is 0.126. The van der Waals surface area contributed by atoms with Crippen molar-refractivity contribution in [3.63, 3.8) is 0 Å². The molecule has 17 heteroatoms. The minimum atomic E-state index is -6.69. The second-order valence-electron chi connectivity index (χ2n) is 12.1. The standard InChI is InChI=1S/C22H25F5O10S2/c23-21(24,25)18(22(26,27)39(32,33)34)36-17(28)13-11-4-12-15(37-38(30,31)16(12)13)14(11)35-19(29)20-5-8-1-9(6-20)3-10(2-8)7-20/h8-16,18H,1-7H2,(H,32,33,34). The van der Waals surface area contributed by atoms with Crippen molar-refractivity contribution < 1.29 is 66.6 Å². The predicted molar refractivity (Wildman–Crippen MR) is 116 cm³/mol. The Morgan fingerprint density at radius 2 is 1.49 bits per heavy atom. The van der Waals surface area contributed by atoms with Gasteiger partial charge in [0.25, 0.3) is 16.2 Å². The van der Waals surface area contributed by atoms with E-state index in [0.29, 0.717) is 37.0 Å².